The van der Waals surface area contributed by atoms with Crippen molar-refractivity contribution in [2.45, 2.75) is 64.3 Å². The highest BCUT2D eigenvalue weighted by atomic mass is 32.1. The molecule has 0 bridgehead atoms. The summed E-state index contributed by atoms with van der Waals surface area (Å²) in [6.07, 6.45) is 3.18. The summed E-state index contributed by atoms with van der Waals surface area (Å²) in [5.74, 6) is -0.337. The number of rotatable bonds is 5. The monoisotopic (exact) mass is 446 g/mol. The van der Waals surface area contributed by atoms with E-state index in [9.17, 15) is 4.79 Å². The number of fused-ring (bicyclic) bond motifs is 1. The van der Waals surface area contributed by atoms with Gasteiger partial charge in [-0.05, 0) is 55.6 Å². The van der Waals surface area contributed by atoms with Gasteiger partial charge in [0.15, 0.2) is 8.32 Å². The number of thiazole rings is 1. The number of carbonyl (C=O) groups is 1. The molecule has 30 heavy (non-hydrogen) atoms. The largest absolute Gasteiger partial charge is 0.465 e. The van der Waals surface area contributed by atoms with E-state index in [4.69, 9.17) is 14.1 Å². The quantitative estimate of drug-likeness (QED) is 0.413. The van der Waals surface area contributed by atoms with E-state index in [0.717, 1.165) is 41.2 Å². The summed E-state index contributed by atoms with van der Waals surface area (Å²) in [5, 5.41) is 1.04. The molecule has 1 aliphatic rings. The number of aromatic nitrogens is 1. The molecule has 1 atom stereocenters. The SMILES string of the molecule is COC(=O)c1cc(N(C)C)ccc1-c1nc2c(s1)C(O[Si](C)(C)C(C)(C)C)CCC2. The van der Waals surface area contributed by atoms with Crippen LogP contribution in [0.1, 0.15) is 60.6 Å². The van der Waals surface area contributed by atoms with Gasteiger partial charge in [0.25, 0.3) is 0 Å². The van der Waals surface area contributed by atoms with Crippen molar-refractivity contribution in [1.82, 2.24) is 4.98 Å². The molecule has 0 saturated heterocycles. The molecule has 5 nitrogen and oxygen atoms in total. The molecule has 1 aromatic heterocycles. The summed E-state index contributed by atoms with van der Waals surface area (Å²) in [4.78, 5) is 20.7. The second-order valence-corrected chi connectivity index (χ2v) is 15.5. The standard InChI is InChI=1S/C23H34N2O3SSi/c1-23(2,3)30(7,8)28-19-11-9-10-18-20(19)29-21(24-18)16-13-12-15(25(4)5)14-17(16)22(26)27-6/h12-14,19H,9-11H2,1-8H3. The number of esters is 1. The zero-order chi connectivity index (χ0) is 22.3. The molecule has 0 spiro atoms. The fraction of sp³-hybridized carbons (Fsp3) is 0.565. The molecular weight excluding hydrogens is 412 g/mol. The highest BCUT2D eigenvalue weighted by Crippen LogP contribution is 2.46. The van der Waals surface area contributed by atoms with E-state index in [1.807, 2.05) is 37.2 Å². The number of aryl methyl sites for hydroxylation is 1. The Kier molecular flexibility index (Phi) is 6.46. The maximum absolute atomic E-state index is 12.5. The average Bonchev–Trinajstić information content (AvgIpc) is 3.11. The average molecular weight is 447 g/mol. The van der Waals surface area contributed by atoms with Crippen molar-refractivity contribution in [1.29, 1.82) is 0 Å². The molecule has 0 amide bonds. The normalized spacial score (nSPS) is 16.9. The Bertz CT molecular complexity index is 931. The zero-order valence-corrected chi connectivity index (χ0v) is 21.3. The molecule has 1 heterocycles. The number of ether oxygens (including phenoxy) is 1. The van der Waals surface area contributed by atoms with Crippen LogP contribution >= 0.6 is 11.3 Å². The molecule has 3 rings (SSSR count). The van der Waals surface area contributed by atoms with Gasteiger partial charge in [0.2, 0.25) is 0 Å². The van der Waals surface area contributed by atoms with Gasteiger partial charge in [-0.2, -0.15) is 0 Å². The second kappa shape index (κ2) is 8.44. The summed E-state index contributed by atoms with van der Waals surface area (Å²) in [7, 11) is 3.45. The molecule has 0 radical (unpaired) electrons. The number of anilines is 1. The van der Waals surface area contributed by atoms with Crippen molar-refractivity contribution in [2.24, 2.45) is 0 Å². The smallest absolute Gasteiger partial charge is 0.338 e. The Morgan fingerprint density at radius 1 is 1.27 bits per heavy atom. The van der Waals surface area contributed by atoms with Crippen LogP contribution in [0, 0.1) is 0 Å². The van der Waals surface area contributed by atoms with Crippen molar-refractivity contribution in [3.8, 4) is 10.6 Å². The van der Waals surface area contributed by atoms with Gasteiger partial charge in [0.05, 0.1) is 29.3 Å². The summed E-state index contributed by atoms with van der Waals surface area (Å²) in [5.41, 5.74) is 3.46. The molecular formula is C23H34N2O3SSi. The van der Waals surface area contributed by atoms with Gasteiger partial charge in [-0.3, -0.25) is 0 Å². The number of carbonyl (C=O) groups excluding carboxylic acids is 1. The first-order valence-corrected chi connectivity index (χ1v) is 14.2. The predicted molar refractivity (Wildman–Crippen MR) is 127 cm³/mol. The van der Waals surface area contributed by atoms with Gasteiger partial charge >= 0.3 is 5.97 Å². The first kappa shape index (κ1) is 23.0. The molecule has 0 fully saturated rings. The Balaban J connectivity index is 2.01. The lowest BCUT2D eigenvalue weighted by Gasteiger charge is -2.40. The number of hydrogen-bond acceptors (Lipinski definition) is 6. The van der Waals surface area contributed by atoms with Gasteiger partial charge in [0, 0.05) is 25.3 Å². The van der Waals surface area contributed by atoms with Gasteiger partial charge in [0.1, 0.15) is 5.01 Å². The van der Waals surface area contributed by atoms with E-state index in [1.165, 1.54) is 12.0 Å². The third kappa shape index (κ3) is 4.48. The number of methoxy groups -OCH3 is 1. The van der Waals surface area contributed by atoms with Crippen LogP contribution in [0.25, 0.3) is 10.6 Å². The molecule has 0 aliphatic heterocycles. The first-order valence-electron chi connectivity index (χ1n) is 10.5. The Labute approximate surface area is 185 Å². The minimum absolute atomic E-state index is 0.100. The van der Waals surface area contributed by atoms with Crippen LogP contribution in [0.2, 0.25) is 18.1 Å². The Hall–Kier alpha value is -1.70. The van der Waals surface area contributed by atoms with Crippen LogP contribution in [0.15, 0.2) is 18.2 Å². The lowest BCUT2D eigenvalue weighted by Crippen LogP contribution is -2.42. The van der Waals surface area contributed by atoms with Crippen molar-refractivity contribution in [3.05, 3.63) is 34.3 Å². The Morgan fingerprint density at radius 2 is 1.97 bits per heavy atom. The van der Waals surface area contributed by atoms with Crippen LogP contribution in [0.4, 0.5) is 5.69 Å². The molecule has 164 valence electrons. The zero-order valence-electron chi connectivity index (χ0n) is 19.5. The van der Waals surface area contributed by atoms with Crippen LogP contribution in [0.3, 0.4) is 0 Å². The van der Waals surface area contributed by atoms with Crippen LogP contribution in [-0.4, -0.2) is 40.5 Å². The van der Waals surface area contributed by atoms with Crippen LogP contribution in [0.5, 0.6) is 0 Å². The fourth-order valence-corrected chi connectivity index (χ4v) is 6.02. The number of nitrogens with zero attached hydrogens (tertiary/aromatic N) is 2. The van der Waals surface area contributed by atoms with Crippen molar-refractivity contribution >= 4 is 31.3 Å². The van der Waals surface area contributed by atoms with Crippen LogP contribution < -0.4 is 4.90 Å². The summed E-state index contributed by atoms with van der Waals surface area (Å²) in [6, 6.07) is 5.88. The molecule has 2 aromatic rings. The molecule has 7 heteroatoms. The second-order valence-electron chi connectivity index (χ2n) is 9.70. The van der Waals surface area contributed by atoms with E-state index in [-0.39, 0.29) is 17.1 Å². The van der Waals surface area contributed by atoms with E-state index < -0.39 is 8.32 Å². The lowest BCUT2D eigenvalue weighted by atomic mass is 10.0. The maximum Gasteiger partial charge on any atom is 0.338 e. The highest BCUT2D eigenvalue weighted by Gasteiger charge is 2.41. The van der Waals surface area contributed by atoms with Crippen LogP contribution in [-0.2, 0) is 15.6 Å². The molecule has 1 aliphatic carbocycles. The summed E-state index contributed by atoms with van der Waals surface area (Å²) in [6.45, 7) is 11.4. The van der Waals surface area contributed by atoms with Crippen molar-refractivity contribution in [2.75, 3.05) is 26.1 Å². The topological polar surface area (TPSA) is 51.7 Å². The summed E-state index contributed by atoms with van der Waals surface area (Å²) < 4.78 is 11.8. The lowest BCUT2D eigenvalue weighted by molar-refractivity contribution is 0.0601. The van der Waals surface area contributed by atoms with E-state index >= 15 is 0 Å². The molecule has 1 aromatic carbocycles. The van der Waals surface area contributed by atoms with E-state index in [2.05, 4.69) is 33.9 Å². The third-order valence-corrected chi connectivity index (χ3v) is 12.0. The first-order chi connectivity index (χ1) is 13.9. The highest BCUT2D eigenvalue weighted by molar-refractivity contribution is 7.15. The van der Waals surface area contributed by atoms with Gasteiger partial charge in [-0.15, -0.1) is 11.3 Å². The third-order valence-electron chi connectivity index (χ3n) is 6.30. The molecule has 0 saturated carbocycles. The van der Waals surface area contributed by atoms with E-state index in [1.54, 1.807) is 11.3 Å². The van der Waals surface area contributed by atoms with Gasteiger partial charge in [-0.1, -0.05) is 20.8 Å². The van der Waals surface area contributed by atoms with Crippen molar-refractivity contribution < 1.29 is 14.0 Å². The predicted octanol–water partition coefficient (Wildman–Crippen LogP) is 6.06. The van der Waals surface area contributed by atoms with E-state index in [0.29, 0.717) is 5.56 Å². The number of benzene rings is 1. The van der Waals surface area contributed by atoms with Gasteiger partial charge in [-0.25, -0.2) is 9.78 Å². The molecule has 0 N–H and O–H groups in total. The minimum atomic E-state index is -1.89. The minimum Gasteiger partial charge on any atom is -0.465 e. The Morgan fingerprint density at radius 3 is 2.57 bits per heavy atom. The number of hydrogen-bond donors (Lipinski definition) is 0. The molecule has 1 unspecified atom stereocenters. The maximum atomic E-state index is 12.5. The summed E-state index contributed by atoms with van der Waals surface area (Å²) >= 11 is 1.67. The van der Waals surface area contributed by atoms with Gasteiger partial charge < -0.3 is 14.1 Å². The fourth-order valence-electron chi connectivity index (χ4n) is 3.42. The van der Waals surface area contributed by atoms with Crippen molar-refractivity contribution in [3.63, 3.8) is 0 Å².